The highest BCUT2D eigenvalue weighted by Gasteiger charge is 2.38. The SMILES string of the molecule is CC(Nc1ccc(O)c(Cl)c1)C1CC2C=CC1C2. The van der Waals surface area contributed by atoms with Crippen LogP contribution in [-0.2, 0) is 0 Å². The fourth-order valence-corrected chi connectivity index (χ4v) is 3.55. The van der Waals surface area contributed by atoms with Gasteiger partial charge in [-0.2, -0.15) is 0 Å². The average Bonchev–Trinajstić information content (AvgIpc) is 2.96. The maximum Gasteiger partial charge on any atom is 0.134 e. The zero-order valence-corrected chi connectivity index (χ0v) is 11.2. The van der Waals surface area contributed by atoms with E-state index in [-0.39, 0.29) is 5.75 Å². The molecule has 0 spiro atoms. The smallest absolute Gasteiger partial charge is 0.134 e. The maximum absolute atomic E-state index is 9.41. The third kappa shape index (κ3) is 2.10. The molecule has 0 saturated heterocycles. The van der Waals surface area contributed by atoms with Crippen LogP contribution in [0.15, 0.2) is 30.4 Å². The molecular weight excluding hydrogens is 246 g/mol. The second-order valence-electron chi connectivity index (χ2n) is 5.54. The van der Waals surface area contributed by atoms with Crippen LogP contribution in [0.4, 0.5) is 5.69 Å². The Hall–Kier alpha value is -1.15. The molecule has 96 valence electrons. The Labute approximate surface area is 113 Å². The number of phenolic OH excluding ortho intramolecular Hbond substituents is 1. The largest absolute Gasteiger partial charge is 0.506 e. The lowest BCUT2D eigenvalue weighted by Crippen LogP contribution is -2.28. The van der Waals surface area contributed by atoms with Gasteiger partial charge in [0.05, 0.1) is 5.02 Å². The fraction of sp³-hybridized carbons (Fsp3) is 0.467. The molecule has 0 aromatic heterocycles. The van der Waals surface area contributed by atoms with Gasteiger partial charge in [0.1, 0.15) is 5.75 Å². The molecule has 0 aliphatic heterocycles. The van der Waals surface area contributed by atoms with Gasteiger partial charge in [-0.15, -0.1) is 0 Å². The van der Waals surface area contributed by atoms with Crippen LogP contribution in [-0.4, -0.2) is 11.1 Å². The van der Waals surface area contributed by atoms with Crippen LogP contribution in [0.3, 0.4) is 0 Å². The number of halogens is 1. The molecule has 0 amide bonds. The number of hydrogen-bond donors (Lipinski definition) is 2. The number of rotatable bonds is 3. The normalized spacial score (nSPS) is 30.7. The maximum atomic E-state index is 9.41. The van der Waals surface area contributed by atoms with E-state index < -0.39 is 0 Å². The Bertz CT molecular complexity index is 485. The van der Waals surface area contributed by atoms with Gasteiger partial charge in [-0.3, -0.25) is 0 Å². The van der Waals surface area contributed by atoms with Crippen molar-refractivity contribution in [3.63, 3.8) is 0 Å². The first-order chi connectivity index (χ1) is 8.63. The van der Waals surface area contributed by atoms with E-state index in [4.69, 9.17) is 11.6 Å². The molecule has 2 aliphatic carbocycles. The molecule has 2 bridgehead atoms. The minimum Gasteiger partial charge on any atom is -0.506 e. The number of fused-ring (bicyclic) bond motifs is 2. The average molecular weight is 264 g/mol. The second-order valence-corrected chi connectivity index (χ2v) is 5.95. The highest BCUT2D eigenvalue weighted by molar-refractivity contribution is 6.32. The Morgan fingerprint density at radius 2 is 2.17 bits per heavy atom. The van der Waals surface area contributed by atoms with Crippen molar-refractivity contribution in [2.45, 2.75) is 25.8 Å². The summed E-state index contributed by atoms with van der Waals surface area (Å²) < 4.78 is 0. The van der Waals surface area contributed by atoms with E-state index in [1.165, 1.54) is 12.8 Å². The number of hydrogen-bond acceptors (Lipinski definition) is 2. The predicted octanol–water partition coefficient (Wildman–Crippen LogP) is 4.06. The van der Waals surface area contributed by atoms with Gasteiger partial charge in [-0.05, 0) is 55.7 Å². The molecule has 0 radical (unpaired) electrons. The molecule has 2 N–H and O–H groups in total. The molecule has 0 heterocycles. The Balaban J connectivity index is 1.69. The Morgan fingerprint density at radius 3 is 2.78 bits per heavy atom. The van der Waals surface area contributed by atoms with Gasteiger partial charge < -0.3 is 10.4 Å². The Kier molecular flexibility index (Phi) is 2.98. The van der Waals surface area contributed by atoms with Gasteiger partial charge in [0.15, 0.2) is 0 Å². The number of aromatic hydroxyl groups is 1. The van der Waals surface area contributed by atoms with Gasteiger partial charge >= 0.3 is 0 Å². The summed E-state index contributed by atoms with van der Waals surface area (Å²) in [5.41, 5.74) is 0.983. The number of benzene rings is 1. The van der Waals surface area contributed by atoms with Crippen molar-refractivity contribution >= 4 is 17.3 Å². The topological polar surface area (TPSA) is 32.3 Å². The summed E-state index contributed by atoms with van der Waals surface area (Å²) in [5.74, 6) is 2.39. The summed E-state index contributed by atoms with van der Waals surface area (Å²) in [7, 11) is 0. The van der Waals surface area contributed by atoms with Crippen LogP contribution in [0.5, 0.6) is 5.75 Å². The van der Waals surface area contributed by atoms with Crippen molar-refractivity contribution in [1.82, 2.24) is 0 Å². The first kappa shape index (κ1) is 11.9. The summed E-state index contributed by atoms with van der Waals surface area (Å²) in [6, 6.07) is 5.74. The summed E-state index contributed by atoms with van der Waals surface area (Å²) >= 11 is 5.92. The summed E-state index contributed by atoms with van der Waals surface area (Å²) in [6.45, 7) is 2.24. The number of nitrogens with one attached hydrogen (secondary N) is 1. The fourth-order valence-electron chi connectivity index (χ4n) is 3.36. The quantitative estimate of drug-likeness (QED) is 0.637. The van der Waals surface area contributed by atoms with Gasteiger partial charge in [0.25, 0.3) is 0 Å². The molecule has 3 heteroatoms. The first-order valence-corrected chi connectivity index (χ1v) is 6.94. The molecule has 2 nitrogen and oxygen atoms in total. The third-order valence-corrected chi connectivity index (χ3v) is 4.62. The number of allylic oxidation sites excluding steroid dienone is 2. The molecule has 1 aromatic rings. The van der Waals surface area contributed by atoms with Gasteiger partial charge in [0.2, 0.25) is 0 Å². The van der Waals surface area contributed by atoms with E-state index in [1.807, 2.05) is 6.07 Å². The molecular formula is C15H18ClNO. The standard InChI is InChI=1S/C15H18ClNO/c1-9(13-7-10-2-3-11(13)6-10)17-12-4-5-15(18)14(16)8-12/h2-5,8-11,13,17-18H,6-7H2,1H3. The van der Waals surface area contributed by atoms with Crippen LogP contribution in [0.25, 0.3) is 0 Å². The molecule has 3 rings (SSSR count). The summed E-state index contributed by atoms with van der Waals surface area (Å²) in [6.07, 6.45) is 7.36. The monoisotopic (exact) mass is 263 g/mol. The van der Waals surface area contributed by atoms with Gasteiger partial charge in [-0.25, -0.2) is 0 Å². The summed E-state index contributed by atoms with van der Waals surface area (Å²) in [4.78, 5) is 0. The van der Waals surface area contributed by atoms with E-state index >= 15 is 0 Å². The van der Waals surface area contributed by atoms with Gasteiger partial charge in [0, 0.05) is 11.7 Å². The minimum absolute atomic E-state index is 0.137. The zero-order valence-electron chi connectivity index (χ0n) is 10.4. The van der Waals surface area contributed by atoms with Crippen molar-refractivity contribution in [3.8, 4) is 5.75 Å². The van der Waals surface area contributed by atoms with Crippen LogP contribution in [0.2, 0.25) is 5.02 Å². The molecule has 1 aromatic carbocycles. The highest BCUT2D eigenvalue weighted by Crippen LogP contribution is 2.45. The molecule has 4 atom stereocenters. The van der Waals surface area contributed by atoms with E-state index in [0.717, 1.165) is 17.5 Å². The number of phenols is 1. The lowest BCUT2D eigenvalue weighted by Gasteiger charge is -2.27. The van der Waals surface area contributed by atoms with Crippen molar-refractivity contribution < 1.29 is 5.11 Å². The van der Waals surface area contributed by atoms with Crippen molar-refractivity contribution in [2.75, 3.05) is 5.32 Å². The van der Waals surface area contributed by atoms with Gasteiger partial charge in [-0.1, -0.05) is 23.8 Å². The molecule has 1 saturated carbocycles. The molecule has 1 fully saturated rings. The first-order valence-electron chi connectivity index (χ1n) is 6.57. The van der Waals surface area contributed by atoms with E-state index in [1.54, 1.807) is 12.1 Å². The zero-order chi connectivity index (χ0) is 12.7. The second kappa shape index (κ2) is 4.51. The van der Waals surface area contributed by atoms with Crippen molar-refractivity contribution in [1.29, 1.82) is 0 Å². The minimum atomic E-state index is 0.137. The molecule has 18 heavy (non-hydrogen) atoms. The van der Waals surface area contributed by atoms with Crippen molar-refractivity contribution in [3.05, 3.63) is 35.4 Å². The van der Waals surface area contributed by atoms with Crippen molar-refractivity contribution in [2.24, 2.45) is 17.8 Å². The predicted molar refractivity (Wildman–Crippen MR) is 75.0 cm³/mol. The Morgan fingerprint density at radius 1 is 1.33 bits per heavy atom. The molecule has 4 unspecified atom stereocenters. The highest BCUT2D eigenvalue weighted by atomic mass is 35.5. The van der Waals surface area contributed by atoms with Crippen LogP contribution in [0, 0.1) is 17.8 Å². The third-order valence-electron chi connectivity index (χ3n) is 4.31. The van der Waals surface area contributed by atoms with Crippen LogP contribution in [0.1, 0.15) is 19.8 Å². The van der Waals surface area contributed by atoms with E-state index in [0.29, 0.717) is 17.0 Å². The van der Waals surface area contributed by atoms with Crippen LogP contribution >= 0.6 is 11.6 Å². The summed E-state index contributed by atoms with van der Waals surface area (Å²) in [5, 5.41) is 13.3. The lowest BCUT2D eigenvalue weighted by molar-refractivity contribution is 0.400. The molecule has 2 aliphatic rings. The number of anilines is 1. The van der Waals surface area contributed by atoms with E-state index in [9.17, 15) is 5.11 Å². The van der Waals surface area contributed by atoms with Crippen LogP contribution < -0.4 is 5.32 Å². The van der Waals surface area contributed by atoms with E-state index in [2.05, 4.69) is 24.4 Å². The lowest BCUT2D eigenvalue weighted by atomic mass is 9.87.